The molecule has 17 heavy (non-hydrogen) atoms. The molecule has 0 fully saturated rings. The standard InChI is InChI=1S/C11H19BrF3NO/c1-9(2)7-16(8-11(13,14)15)10(17)5-3-4-6-12/h9H,3-8H2,1-2H3. The Morgan fingerprint density at radius 1 is 1.29 bits per heavy atom. The number of hydrogen-bond donors (Lipinski definition) is 0. The molecule has 1 amide bonds. The van der Waals surface area contributed by atoms with Crippen LogP contribution in [0.1, 0.15) is 33.1 Å². The average Bonchev–Trinajstić information content (AvgIpc) is 2.14. The molecule has 0 N–H and O–H groups in total. The summed E-state index contributed by atoms with van der Waals surface area (Å²) in [6, 6.07) is 0. The van der Waals surface area contributed by atoms with Crippen molar-refractivity contribution in [1.29, 1.82) is 0 Å². The normalized spacial score (nSPS) is 11.9. The number of halogens is 4. The molecule has 0 aromatic rings. The third-order valence-electron chi connectivity index (χ3n) is 2.08. The molecule has 0 rings (SSSR count). The van der Waals surface area contributed by atoms with E-state index in [4.69, 9.17) is 0 Å². The first-order chi connectivity index (χ1) is 7.76. The van der Waals surface area contributed by atoms with Crippen LogP contribution in [0.15, 0.2) is 0 Å². The Bertz CT molecular complexity index is 231. The molecule has 0 aliphatic rings. The predicted octanol–water partition coefficient (Wildman–Crippen LogP) is 3.60. The Labute approximate surface area is 109 Å². The molecular weight excluding hydrogens is 299 g/mol. The third kappa shape index (κ3) is 9.44. The number of carbonyl (C=O) groups excluding carboxylic acids is 1. The largest absolute Gasteiger partial charge is 0.406 e. The zero-order valence-electron chi connectivity index (χ0n) is 10.2. The van der Waals surface area contributed by atoms with Crippen molar-refractivity contribution in [2.45, 2.75) is 39.3 Å². The maximum absolute atomic E-state index is 12.3. The minimum Gasteiger partial charge on any atom is -0.333 e. The van der Waals surface area contributed by atoms with Crippen LogP contribution in [0.25, 0.3) is 0 Å². The summed E-state index contributed by atoms with van der Waals surface area (Å²) in [6.07, 6.45) is -2.71. The van der Waals surface area contributed by atoms with Gasteiger partial charge in [-0.1, -0.05) is 29.8 Å². The van der Waals surface area contributed by atoms with E-state index in [1.807, 2.05) is 0 Å². The number of nitrogens with zero attached hydrogens (tertiary/aromatic N) is 1. The van der Waals surface area contributed by atoms with Gasteiger partial charge in [-0.25, -0.2) is 0 Å². The van der Waals surface area contributed by atoms with E-state index in [2.05, 4.69) is 15.9 Å². The molecule has 0 saturated carbocycles. The summed E-state index contributed by atoms with van der Waals surface area (Å²) < 4.78 is 36.9. The van der Waals surface area contributed by atoms with E-state index < -0.39 is 18.6 Å². The van der Waals surface area contributed by atoms with Crippen LogP contribution >= 0.6 is 15.9 Å². The topological polar surface area (TPSA) is 20.3 Å². The van der Waals surface area contributed by atoms with Crippen molar-refractivity contribution in [3.8, 4) is 0 Å². The summed E-state index contributed by atoms with van der Waals surface area (Å²) in [7, 11) is 0. The summed E-state index contributed by atoms with van der Waals surface area (Å²) in [5, 5.41) is 0.768. The number of carbonyl (C=O) groups is 1. The van der Waals surface area contributed by atoms with E-state index in [1.54, 1.807) is 13.8 Å². The Morgan fingerprint density at radius 2 is 1.88 bits per heavy atom. The third-order valence-corrected chi connectivity index (χ3v) is 2.64. The van der Waals surface area contributed by atoms with Gasteiger partial charge in [0.1, 0.15) is 6.54 Å². The zero-order valence-corrected chi connectivity index (χ0v) is 11.8. The van der Waals surface area contributed by atoms with Gasteiger partial charge in [0.2, 0.25) is 5.91 Å². The molecule has 2 nitrogen and oxygen atoms in total. The fraction of sp³-hybridized carbons (Fsp3) is 0.909. The lowest BCUT2D eigenvalue weighted by atomic mass is 10.1. The van der Waals surface area contributed by atoms with Crippen LogP contribution in [0.3, 0.4) is 0 Å². The van der Waals surface area contributed by atoms with Gasteiger partial charge >= 0.3 is 6.18 Å². The molecule has 0 spiro atoms. The second-order valence-corrected chi connectivity index (χ2v) is 5.22. The molecule has 0 bridgehead atoms. The quantitative estimate of drug-likeness (QED) is 0.519. The molecule has 102 valence electrons. The van der Waals surface area contributed by atoms with Gasteiger partial charge in [0.15, 0.2) is 0 Å². The highest BCUT2D eigenvalue weighted by Gasteiger charge is 2.32. The highest BCUT2D eigenvalue weighted by atomic mass is 79.9. The van der Waals surface area contributed by atoms with Crippen molar-refractivity contribution in [2.75, 3.05) is 18.4 Å². The van der Waals surface area contributed by atoms with Crippen LogP contribution in [0, 0.1) is 5.92 Å². The number of unbranched alkanes of at least 4 members (excludes halogenated alkanes) is 1. The molecule has 6 heteroatoms. The van der Waals surface area contributed by atoms with Gasteiger partial charge in [-0.2, -0.15) is 13.2 Å². The second-order valence-electron chi connectivity index (χ2n) is 4.43. The van der Waals surface area contributed by atoms with Crippen LogP contribution in [0.2, 0.25) is 0 Å². The number of rotatable bonds is 7. The summed E-state index contributed by atoms with van der Waals surface area (Å²) in [6.45, 7) is 2.62. The van der Waals surface area contributed by atoms with Gasteiger partial charge in [-0.15, -0.1) is 0 Å². The lowest BCUT2D eigenvalue weighted by Gasteiger charge is -2.25. The van der Waals surface area contributed by atoms with Crippen molar-refractivity contribution in [3.05, 3.63) is 0 Å². The SMILES string of the molecule is CC(C)CN(CC(F)(F)F)C(=O)CCCCBr. The van der Waals surface area contributed by atoms with Crippen LogP contribution in [0.5, 0.6) is 0 Å². The molecule has 0 heterocycles. The fourth-order valence-corrected chi connectivity index (χ4v) is 1.84. The van der Waals surface area contributed by atoms with Crippen LogP contribution in [-0.2, 0) is 4.79 Å². The van der Waals surface area contributed by atoms with E-state index in [9.17, 15) is 18.0 Å². The Kier molecular flexibility index (Phi) is 7.83. The van der Waals surface area contributed by atoms with Crippen molar-refractivity contribution >= 4 is 21.8 Å². The number of hydrogen-bond acceptors (Lipinski definition) is 1. The molecule has 0 aliphatic carbocycles. The lowest BCUT2D eigenvalue weighted by molar-refractivity contribution is -0.162. The van der Waals surface area contributed by atoms with Crippen molar-refractivity contribution < 1.29 is 18.0 Å². The van der Waals surface area contributed by atoms with E-state index >= 15 is 0 Å². The van der Waals surface area contributed by atoms with Crippen LogP contribution in [-0.4, -0.2) is 35.4 Å². The van der Waals surface area contributed by atoms with Gasteiger partial charge in [0.05, 0.1) is 0 Å². The fourth-order valence-electron chi connectivity index (χ4n) is 1.44. The smallest absolute Gasteiger partial charge is 0.333 e. The molecule has 0 radical (unpaired) electrons. The average molecular weight is 318 g/mol. The second kappa shape index (κ2) is 7.95. The highest BCUT2D eigenvalue weighted by Crippen LogP contribution is 2.18. The van der Waals surface area contributed by atoms with Gasteiger partial charge < -0.3 is 4.90 Å². The first-order valence-electron chi connectivity index (χ1n) is 5.66. The van der Waals surface area contributed by atoms with E-state index in [-0.39, 0.29) is 18.9 Å². The minimum atomic E-state index is -4.32. The van der Waals surface area contributed by atoms with E-state index in [0.29, 0.717) is 6.42 Å². The first-order valence-corrected chi connectivity index (χ1v) is 6.79. The zero-order chi connectivity index (χ0) is 13.5. The Morgan fingerprint density at radius 3 is 2.29 bits per heavy atom. The van der Waals surface area contributed by atoms with Gasteiger partial charge in [0, 0.05) is 18.3 Å². The monoisotopic (exact) mass is 317 g/mol. The predicted molar refractivity (Wildman–Crippen MR) is 65.1 cm³/mol. The van der Waals surface area contributed by atoms with Gasteiger partial charge in [-0.05, 0) is 18.8 Å². The molecule has 0 aromatic heterocycles. The molecule has 0 aliphatic heterocycles. The molecule has 0 aromatic carbocycles. The maximum Gasteiger partial charge on any atom is 0.406 e. The highest BCUT2D eigenvalue weighted by molar-refractivity contribution is 9.09. The van der Waals surface area contributed by atoms with Crippen molar-refractivity contribution in [2.24, 2.45) is 5.92 Å². The summed E-state index contributed by atoms with van der Waals surface area (Å²) in [5.41, 5.74) is 0. The minimum absolute atomic E-state index is 0.0393. The van der Waals surface area contributed by atoms with Gasteiger partial charge in [-0.3, -0.25) is 4.79 Å². The summed E-state index contributed by atoms with van der Waals surface area (Å²) >= 11 is 3.22. The Hall–Kier alpha value is -0.260. The molecular formula is C11H19BrF3NO. The van der Waals surface area contributed by atoms with Crippen molar-refractivity contribution in [3.63, 3.8) is 0 Å². The number of amides is 1. The van der Waals surface area contributed by atoms with Crippen LogP contribution < -0.4 is 0 Å². The van der Waals surface area contributed by atoms with E-state index in [0.717, 1.165) is 16.7 Å². The van der Waals surface area contributed by atoms with Gasteiger partial charge in [0.25, 0.3) is 0 Å². The van der Waals surface area contributed by atoms with Crippen LogP contribution in [0.4, 0.5) is 13.2 Å². The first kappa shape index (κ1) is 16.7. The van der Waals surface area contributed by atoms with Crippen molar-refractivity contribution in [1.82, 2.24) is 4.90 Å². The maximum atomic E-state index is 12.3. The van der Waals surface area contributed by atoms with E-state index in [1.165, 1.54) is 0 Å². The lowest BCUT2D eigenvalue weighted by Crippen LogP contribution is -2.41. The molecule has 0 atom stereocenters. The Balaban J connectivity index is 4.30. The number of alkyl halides is 4. The molecule has 0 saturated heterocycles. The summed E-state index contributed by atoms with van der Waals surface area (Å²) in [4.78, 5) is 12.6. The summed E-state index contributed by atoms with van der Waals surface area (Å²) in [5.74, 6) is -0.366. The molecule has 0 unspecified atom stereocenters.